The van der Waals surface area contributed by atoms with Gasteiger partial charge in [-0.15, -0.1) is 26.3 Å². The van der Waals surface area contributed by atoms with E-state index in [1.165, 1.54) is 36.7 Å². The summed E-state index contributed by atoms with van der Waals surface area (Å²) in [5.41, 5.74) is 1.06. The summed E-state index contributed by atoms with van der Waals surface area (Å²) in [6.45, 7) is 0. The van der Waals surface area contributed by atoms with Crippen LogP contribution in [-0.4, -0.2) is 18.9 Å². The fourth-order valence-electron chi connectivity index (χ4n) is 1.84. The molecule has 0 aliphatic rings. The van der Waals surface area contributed by atoms with Gasteiger partial charge in [0.1, 0.15) is 11.5 Å². The Kier molecular flexibility index (Phi) is 6.32. The Labute approximate surface area is 149 Å². The van der Waals surface area contributed by atoms with E-state index in [4.69, 9.17) is 0 Å². The van der Waals surface area contributed by atoms with Crippen molar-refractivity contribution in [3.63, 3.8) is 0 Å². The first kappa shape index (κ1) is 20.1. The van der Waals surface area contributed by atoms with Gasteiger partial charge in [0.25, 0.3) is 0 Å². The summed E-state index contributed by atoms with van der Waals surface area (Å²) >= 11 is 0. The molecule has 0 saturated carbocycles. The minimum absolute atomic E-state index is 0.330. The van der Waals surface area contributed by atoms with Gasteiger partial charge in [-0.3, -0.25) is 0 Å². The Morgan fingerprint density at radius 3 is 1.70 bits per heavy atom. The van der Waals surface area contributed by atoms with E-state index in [1.54, 1.807) is 6.08 Å². The number of nitrogens with one attached hydrogen (secondary N) is 2. The SMILES string of the molecule is FC(F)(F)Oc1ccc(NC=CC=[NH+]c2ccc(OC(F)(F)F)cc2)cc1. The third-order valence-electron chi connectivity index (χ3n) is 2.87. The third-order valence-corrected chi connectivity index (χ3v) is 2.87. The molecule has 0 heterocycles. The number of rotatable bonds is 6. The summed E-state index contributed by atoms with van der Waals surface area (Å²) in [4.78, 5) is 2.82. The first-order chi connectivity index (χ1) is 12.6. The van der Waals surface area contributed by atoms with E-state index in [0.29, 0.717) is 11.4 Å². The Bertz CT molecular complexity index is 781. The molecule has 2 aromatic carbocycles. The van der Waals surface area contributed by atoms with E-state index < -0.39 is 12.7 Å². The van der Waals surface area contributed by atoms with Crippen molar-refractivity contribution in [2.45, 2.75) is 12.7 Å². The van der Waals surface area contributed by atoms with E-state index in [9.17, 15) is 26.3 Å². The summed E-state index contributed by atoms with van der Waals surface area (Å²) in [5.74, 6) is -0.661. The molecular formula is C17H13F6N2O2+. The highest BCUT2D eigenvalue weighted by Gasteiger charge is 2.31. The van der Waals surface area contributed by atoms with E-state index in [0.717, 1.165) is 24.3 Å². The van der Waals surface area contributed by atoms with Gasteiger partial charge in [-0.25, -0.2) is 4.99 Å². The van der Waals surface area contributed by atoms with Crippen LogP contribution in [0.2, 0.25) is 0 Å². The van der Waals surface area contributed by atoms with Crippen molar-refractivity contribution in [3.05, 3.63) is 60.8 Å². The van der Waals surface area contributed by atoms with Gasteiger partial charge in [-0.1, -0.05) is 0 Å². The lowest BCUT2D eigenvalue weighted by molar-refractivity contribution is -0.346. The molecule has 0 aromatic heterocycles. The van der Waals surface area contributed by atoms with Crippen LogP contribution in [0.4, 0.5) is 37.7 Å². The van der Waals surface area contributed by atoms with Crippen molar-refractivity contribution in [1.82, 2.24) is 0 Å². The molecule has 2 aromatic rings. The van der Waals surface area contributed by atoms with E-state index >= 15 is 0 Å². The fraction of sp³-hybridized carbons (Fsp3) is 0.118. The van der Waals surface area contributed by atoms with Gasteiger partial charge in [0.05, 0.1) is 0 Å². The summed E-state index contributed by atoms with van der Waals surface area (Å²) < 4.78 is 79.8. The molecule has 2 rings (SSSR count). The molecular weight excluding hydrogens is 378 g/mol. The number of halogens is 6. The largest absolute Gasteiger partial charge is 0.573 e. The zero-order valence-corrected chi connectivity index (χ0v) is 13.4. The highest BCUT2D eigenvalue weighted by molar-refractivity contribution is 5.67. The van der Waals surface area contributed by atoms with Gasteiger partial charge in [0, 0.05) is 30.1 Å². The Morgan fingerprint density at radius 2 is 1.22 bits per heavy atom. The average molecular weight is 391 g/mol. The smallest absolute Gasteiger partial charge is 0.406 e. The molecule has 0 unspecified atom stereocenters. The number of hydrogen-bond donors (Lipinski definition) is 2. The van der Waals surface area contributed by atoms with Crippen LogP contribution in [0.15, 0.2) is 60.8 Å². The minimum Gasteiger partial charge on any atom is -0.406 e. The van der Waals surface area contributed by atoms with Crippen LogP contribution in [0.5, 0.6) is 11.5 Å². The number of alkyl halides is 6. The Balaban J connectivity index is 1.83. The molecule has 0 spiro atoms. The average Bonchev–Trinajstić information content (AvgIpc) is 2.55. The van der Waals surface area contributed by atoms with E-state index in [2.05, 4.69) is 19.8 Å². The zero-order chi connectivity index (χ0) is 19.9. The van der Waals surface area contributed by atoms with Gasteiger partial charge in [-0.2, -0.15) is 0 Å². The molecule has 0 radical (unpaired) electrons. The second-order valence-corrected chi connectivity index (χ2v) is 4.96. The number of ether oxygens (including phenoxy) is 2. The van der Waals surface area contributed by atoms with Crippen molar-refractivity contribution in [1.29, 1.82) is 0 Å². The second-order valence-electron chi connectivity index (χ2n) is 4.96. The molecule has 0 aliphatic carbocycles. The number of benzene rings is 2. The topological polar surface area (TPSA) is 44.5 Å². The lowest BCUT2D eigenvalue weighted by atomic mass is 10.3. The predicted octanol–water partition coefficient (Wildman–Crippen LogP) is 3.89. The first-order valence-electron chi connectivity index (χ1n) is 7.34. The molecule has 144 valence electrons. The van der Waals surface area contributed by atoms with Crippen molar-refractivity contribution in [3.8, 4) is 11.5 Å². The maximum atomic E-state index is 12.0. The van der Waals surface area contributed by atoms with Gasteiger partial charge >= 0.3 is 12.7 Å². The molecule has 4 nitrogen and oxygen atoms in total. The summed E-state index contributed by atoms with van der Waals surface area (Å²) in [7, 11) is 0. The van der Waals surface area contributed by atoms with Crippen LogP contribution in [0.3, 0.4) is 0 Å². The lowest BCUT2D eigenvalue weighted by Crippen LogP contribution is -2.60. The number of allylic oxidation sites excluding steroid dienone is 1. The van der Waals surface area contributed by atoms with Crippen LogP contribution in [-0.2, 0) is 0 Å². The van der Waals surface area contributed by atoms with Crippen LogP contribution in [0.1, 0.15) is 0 Å². The quantitative estimate of drug-likeness (QED) is 0.580. The van der Waals surface area contributed by atoms with Gasteiger partial charge in [0.15, 0.2) is 6.21 Å². The molecule has 2 N–H and O–H groups in total. The van der Waals surface area contributed by atoms with Gasteiger partial charge in [0.2, 0.25) is 5.69 Å². The van der Waals surface area contributed by atoms with Crippen LogP contribution in [0.25, 0.3) is 0 Å². The van der Waals surface area contributed by atoms with Crippen molar-refractivity contribution in [2.24, 2.45) is 0 Å². The van der Waals surface area contributed by atoms with Crippen LogP contribution < -0.4 is 19.8 Å². The van der Waals surface area contributed by atoms with Crippen molar-refractivity contribution >= 4 is 17.6 Å². The third kappa shape index (κ3) is 8.17. The zero-order valence-electron chi connectivity index (χ0n) is 13.4. The summed E-state index contributed by atoms with van der Waals surface area (Å²) in [6.07, 6.45) is -4.92. The van der Waals surface area contributed by atoms with Crippen molar-refractivity contribution < 1.29 is 40.8 Å². The minimum atomic E-state index is -4.74. The highest BCUT2D eigenvalue weighted by Crippen LogP contribution is 2.24. The lowest BCUT2D eigenvalue weighted by Gasteiger charge is -2.09. The summed E-state index contributed by atoms with van der Waals surface area (Å²) in [6, 6.07) is 10.3. The predicted molar refractivity (Wildman–Crippen MR) is 85.7 cm³/mol. The monoisotopic (exact) mass is 391 g/mol. The normalized spacial score (nSPS) is 12.5. The molecule has 27 heavy (non-hydrogen) atoms. The Morgan fingerprint density at radius 1 is 0.741 bits per heavy atom. The molecule has 0 bridgehead atoms. The Hall–Kier alpha value is -3.17. The molecule has 0 saturated heterocycles. The fourth-order valence-corrected chi connectivity index (χ4v) is 1.84. The van der Waals surface area contributed by atoms with Crippen molar-refractivity contribution in [2.75, 3.05) is 5.32 Å². The maximum Gasteiger partial charge on any atom is 0.573 e. The van der Waals surface area contributed by atoms with Crippen LogP contribution in [0, 0.1) is 0 Å². The standard InChI is InChI=1S/C17H12F6N2O2/c18-16(19,20)26-14-6-2-12(3-7-14)24-10-1-11-25-13-4-8-15(9-5-13)27-17(21,22)23/h1-11,24H/p+1. The number of hydrogen-bond acceptors (Lipinski definition) is 3. The van der Waals surface area contributed by atoms with E-state index in [1.807, 2.05) is 0 Å². The summed E-state index contributed by atoms with van der Waals surface area (Å²) in [5, 5.41) is 2.82. The first-order valence-corrected chi connectivity index (χ1v) is 7.34. The highest BCUT2D eigenvalue weighted by atomic mass is 19.4. The number of anilines is 1. The van der Waals surface area contributed by atoms with E-state index in [-0.39, 0.29) is 11.5 Å². The molecule has 0 aliphatic heterocycles. The molecule has 10 heteroatoms. The van der Waals surface area contributed by atoms with Gasteiger partial charge in [-0.05, 0) is 36.4 Å². The second kappa shape index (κ2) is 8.47. The maximum absolute atomic E-state index is 12.0. The van der Waals surface area contributed by atoms with Gasteiger partial charge < -0.3 is 14.8 Å². The molecule has 0 fully saturated rings. The molecule has 0 atom stereocenters. The molecule has 0 amide bonds. The van der Waals surface area contributed by atoms with Crippen LogP contribution >= 0.6 is 0 Å².